The van der Waals surface area contributed by atoms with Crippen molar-refractivity contribution in [2.45, 2.75) is 88.0 Å². The highest BCUT2D eigenvalue weighted by Crippen LogP contribution is 2.38. The summed E-state index contributed by atoms with van der Waals surface area (Å²) in [6, 6.07) is 0. The van der Waals surface area contributed by atoms with Crippen LogP contribution in [0.5, 0.6) is 0 Å². The predicted octanol–water partition coefficient (Wildman–Crippen LogP) is -0.667. The summed E-state index contributed by atoms with van der Waals surface area (Å²) >= 11 is 0. The number of ether oxygens (including phenoxy) is 4. The Bertz CT molecular complexity index is 744. The Morgan fingerprint density at radius 1 is 0.714 bits per heavy atom. The molecule has 2 unspecified atom stereocenters. The van der Waals surface area contributed by atoms with Gasteiger partial charge in [0.1, 0.15) is 12.2 Å². The summed E-state index contributed by atoms with van der Waals surface area (Å²) in [6.45, 7) is 2.22. The van der Waals surface area contributed by atoms with Crippen molar-refractivity contribution in [3.63, 3.8) is 0 Å². The van der Waals surface area contributed by atoms with Gasteiger partial charge in [-0.3, -0.25) is 18.4 Å². The lowest BCUT2D eigenvalue weighted by atomic mass is 9.94. The smallest absolute Gasteiger partial charge is 0.186 e. The molecule has 2 aliphatic carbocycles. The molecule has 4 rings (SSSR count). The Morgan fingerprint density at radius 2 is 1.03 bits per heavy atom. The summed E-state index contributed by atoms with van der Waals surface area (Å²) in [4.78, 5) is 7.90. The Balaban J connectivity index is 0.000000208. The van der Waals surface area contributed by atoms with E-state index in [1.807, 2.05) is 0 Å². The molecule has 204 valence electrons. The van der Waals surface area contributed by atoms with Crippen LogP contribution >= 0.6 is 0 Å². The average molecular weight is 523 g/mol. The first-order valence-electron chi connectivity index (χ1n) is 11.8. The highest BCUT2D eigenvalue weighted by atomic mass is 32.3. The van der Waals surface area contributed by atoms with Crippen molar-refractivity contribution in [3.8, 4) is 0 Å². The number of hydrogen-bond donors (Lipinski definition) is 4. The largest absolute Gasteiger partial charge is 0.759 e. The average Bonchev–Trinajstić information content (AvgIpc) is 3.35. The molecule has 0 bridgehead atoms. The van der Waals surface area contributed by atoms with Crippen molar-refractivity contribution in [1.29, 1.82) is 0 Å². The van der Waals surface area contributed by atoms with Gasteiger partial charge in [-0.2, -0.15) is 0 Å². The van der Waals surface area contributed by atoms with E-state index < -0.39 is 10.4 Å². The molecule has 2 saturated carbocycles. The van der Waals surface area contributed by atoms with Crippen LogP contribution in [0.15, 0.2) is 9.98 Å². The van der Waals surface area contributed by atoms with Crippen LogP contribution in [-0.2, 0) is 29.3 Å². The fourth-order valence-electron chi connectivity index (χ4n) is 4.53. The van der Waals surface area contributed by atoms with E-state index in [1.54, 1.807) is 0 Å². The number of guanidine groups is 2. The molecule has 14 nitrogen and oxygen atoms in total. The Morgan fingerprint density at radius 3 is 1.31 bits per heavy atom. The van der Waals surface area contributed by atoms with Crippen LogP contribution in [0.1, 0.15) is 64.2 Å². The van der Waals surface area contributed by atoms with Crippen LogP contribution in [0.4, 0.5) is 0 Å². The van der Waals surface area contributed by atoms with Crippen LogP contribution in [0.25, 0.3) is 0 Å². The quantitative estimate of drug-likeness (QED) is 0.155. The molecule has 4 aliphatic rings. The summed E-state index contributed by atoms with van der Waals surface area (Å²) in [5.41, 5.74) is 21.1. The van der Waals surface area contributed by atoms with Gasteiger partial charge >= 0.3 is 0 Å². The number of aliphatic imine (C=N–C) groups is 2. The molecule has 0 amide bonds. The third-order valence-corrected chi connectivity index (χ3v) is 6.01. The molecule has 2 aliphatic heterocycles. The minimum absolute atomic E-state index is 0.0187. The van der Waals surface area contributed by atoms with Gasteiger partial charge in [0.05, 0.1) is 26.3 Å². The van der Waals surface area contributed by atoms with E-state index in [0.29, 0.717) is 26.3 Å². The summed E-state index contributed by atoms with van der Waals surface area (Å²) in [7, 11) is -5.17. The van der Waals surface area contributed by atoms with Crippen LogP contribution in [0.2, 0.25) is 0 Å². The zero-order chi connectivity index (χ0) is 26.0. The van der Waals surface area contributed by atoms with E-state index in [4.69, 9.17) is 59.4 Å². The van der Waals surface area contributed by atoms with Gasteiger partial charge in [-0.05, 0) is 25.7 Å². The molecule has 0 radical (unpaired) electrons. The normalized spacial score (nSPS) is 26.7. The second-order valence-corrected chi connectivity index (χ2v) is 9.80. The zero-order valence-electron chi connectivity index (χ0n) is 19.9. The zero-order valence-corrected chi connectivity index (χ0v) is 20.7. The van der Waals surface area contributed by atoms with E-state index in [9.17, 15) is 0 Å². The van der Waals surface area contributed by atoms with Gasteiger partial charge in [0.25, 0.3) is 0 Å². The van der Waals surface area contributed by atoms with Crippen molar-refractivity contribution < 1.29 is 36.5 Å². The molecular weight excluding hydrogens is 484 g/mol. The van der Waals surface area contributed by atoms with Gasteiger partial charge in [-0.25, -0.2) is 0 Å². The van der Waals surface area contributed by atoms with Gasteiger partial charge in [0.2, 0.25) is 0 Å². The van der Waals surface area contributed by atoms with Crippen LogP contribution in [0, 0.1) is 0 Å². The van der Waals surface area contributed by atoms with Gasteiger partial charge < -0.3 is 51.0 Å². The lowest BCUT2D eigenvalue weighted by Crippen LogP contribution is -2.34. The summed E-state index contributed by atoms with van der Waals surface area (Å²) < 4.78 is 57.4. The SMILES string of the molecule is NC(N)=NCC1COC2(CCCCC2)O1.NC(N)=NCC1COC2(CCCCC2)O1.O=S(=O)([O-])[O-]. The molecule has 35 heavy (non-hydrogen) atoms. The monoisotopic (exact) mass is 522 g/mol. The Labute approximate surface area is 206 Å². The molecule has 8 N–H and O–H groups in total. The highest BCUT2D eigenvalue weighted by molar-refractivity contribution is 7.79. The number of nitrogens with zero attached hydrogens (tertiary/aromatic N) is 2. The molecule has 2 atom stereocenters. The molecule has 0 aromatic rings. The second kappa shape index (κ2) is 13.5. The maximum Gasteiger partial charge on any atom is 0.186 e. The second-order valence-electron chi connectivity index (χ2n) is 8.98. The first kappa shape index (κ1) is 29.5. The minimum Gasteiger partial charge on any atom is -0.759 e. The standard InChI is InChI=1S/2C10H19N3O2.H2O4S/c2*11-9(12)13-6-8-7-14-10(15-8)4-2-1-3-5-10;1-5(2,3)4/h2*8H,1-7H2,(H4,11,12,13);(H2,1,2,3,4)/p-2. The van der Waals surface area contributed by atoms with Crippen molar-refractivity contribution in [1.82, 2.24) is 0 Å². The van der Waals surface area contributed by atoms with E-state index >= 15 is 0 Å². The highest BCUT2D eigenvalue weighted by Gasteiger charge is 2.42. The third kappa shape index (κ3) is 11.7. The number of hydrogen-bond acceptors (Lipinski definition) is 10. The lowest BCUT2D eigenvalue weighted by molar-refractivity contribution is -0.186. The van der Waals surface area contributed by atoms with E-state index in [1.165, 1.54) is 38.5 Å². The fourth-order valence-corrected chi connectivity index (χ4v) is 4.53. The molecule has 15 heteroatoms. The van der Waals surface area contributed by atoms with Crippen molar-refractivity contribution in [2.24, 2.45) is 32.9 Å². The topological polar surface area (TPSA) is 246 Å². The molecule has 2 heterocycles. The molecular formula is C20H38N6O8S-2. The maximum atomic E-state index is 8.52. The van der Waals surface area contributed by atoms with Gasteiger partial charge in [-0.15, -0.1) is 0 Å². The third-order valence-electron chi connectivity index (χ3n) is 6.01. The molecule has 2 saturated heterocycles. The van der Waals surface area contributed by atoms with Crippen molar-refractivity contribution >= 4 is 22.3 Å². The van der Waals surface area contributed by atoms with Crippen LogP contribution < -0.4 is 22.9 Å². The van der Waals surface area contributed by atoms with E-state index in [-0.39, 0.29) is 35.7 Å². The fraction of sp³-hybridized carbons (Fsp3) is 0.900. The first-order chi connectivity index (χ1) is 16.4. The molecule has 4 fully saturated rings. The first-order valence-corrected chi connectivity index (χ1v) is 13.1. The van der Waals surface area contributed by atoms with Crippen LogP contribution in [0.3, 0.4) is 0 Å². The van der Waals surface area contributed by atoms with Crippen LogP contribution in [-0.4, -0.2) is 79.5 Å². The molecule has 0 aromatic heterocycles. The minimum atomic E-state index is -5.17. The summed E-state index contributed by atoms with van der Waals surface area (Å²) in [5, 5.41) is 0. The van der Waals surface area contributed by atoms with Gasteiger partial charge in [-0.1, -0.05) is 12.8 Å². The van der Waals surface area contributed by atoms with E-state index in [2.05, 4.69) is 9.98 Å². The lowest BCUT2D eigenvalue weighted by Gasteiger charge is -2.31. The summed E-state index contributed by atoms with van der Waals surface area (Å²) in [5.74, 6) is -0.407. The van der Waals surface area contributed by atoms with Crippen molar-refractivity contribution in [2.75, 3.05) is 26.3 Å². The number of rotatable bonds is 4. The van der Waals surface area contributed by atoms with Gasteiger partial charge in [0.15, 0.2) is 23.5 Å². The maximum absolute atomic E-state index is 8.52. The van der Waals surface area contributed by atoms with Gasteiger partial charge in [0, 0.05) is 36.1 Å². The molecule has 2 spiro atoms. The predicted molar refractivity (Wildman–Crippen MR) is 125 cm³/mol. The van der Waals surface area contributed by atoms with E-state index in [0.717, 1.165) is 25.7 Å². The Kier molecular flexibility index (Phi) is 11.4. The Hall–Kier alpha value is -1.75. The van der Waals surface area contributed by atoms with Crippen molar-refractivity contribution in [3.05, 3.63) is 0 Å². The molecule has 0 aromatic carbocycles. The summed E-state index contributed by atoms with van der Waals surface area (Å²) in [6.07, 6.45) is 11.4. The number of nitrogens with two attached hydrogens (primary N) is 4.